The van der Waals surface area contributed by atoms with Crippen LogP contribution in [-0.4, -0.2) is 20.8 Å². The Kier molecular flexibility index (Phi) is 4.49. The number of hydrogen-bond donors (Lipinski definition) is 1. The first-order chi connectivity index (χ1) is 7.15. The van der Waals surface area contributed by atoms with Crippen LogP contribution in [-0.2, 0) is 7.05 Å². The minimum atomic E-state index is 0.234. The van der Waals surface area contributed by atoms with Crippen molar-refractivity contribution < 1.29 is 0 Å². The maximum absolute atomic E-state index is 4.08. The molecule has 0 radical (unpaired) electrons. The largest absolute Gasteiger partial charge is 0.319 e. The molecule has 0 fully saturated rings. The van der Waals surface area contributed by atoms with Crippen LogP contribution >= 0.6 is 0 Å². The summed E-state index contributed by atoms with van der Waals surface area (Å²) in [5, 5.41) is 11.4. The predicted molar refractivity (Wildman–Crippen MR) is 61.4 cm³/mol. The molecule has 0 aromatic carbocycles. The van der Waals surface area contributed by atoms with Crippen molar-refractivity contribution in [3.05, 3.63) is 24.8 Å². The number of nitrogens with zero attached hydrogens (tertiary/aromatic N) is 3. The zero-order chi connectivity index (χ0) is 11.3. The van der Waals surface area contributed by atoms with Gasteiger partial charge in [0.25, 0.3) is 0 Å². The molecule has 0 aliphatic heterocycles. The van der Waals surface area contributed by atoms with E-state index in [-0.39, 0.29) is 6.04 Å². The van der Waals surface area contributed by atoms with Gasteiger partial charge in [0.2, 0.25) is 0 Å². The fourth-order valence-corrected chi connectivity index (χ4v) is 1.64. The van der Waals surface area contributed by atoms with E-state index in [2.05, 4.69) is 35.9 Å². The van der Waals surface area contributed by atoms with Crippen molar-refractivity contribution in [2.75, 3.05) is 0 Å². The van der Waals surface area contributed by atoms with E-state index in [0.29, 0.717) is 6.04 Å². The molecule has 1 N–H and O–H groups in total. The van der Waals surface area contributed by atoms with Gasteiger partial charge >= 0.3 is 0 Å². The Labute approximate surface area is 91.4 Å². The minimum Gasteiger partial charge on any atom is -0.319 e. The quantitative estimate of drug-likeness (QED) is 0.725. The fraction of sp³-hybridized carbons (Fsp3) is 0.636. The molecule has 0 saturated heterocycles. The van der Waals surface area contributed by atoms with Crippen LogP contribution in [0, 0.1) is 0 Å². The molecule has 1 aromatic rings. The zero-order valence-corrected chi connectivity index (χ0v) is 9.77. The summed E-state index contributed by atoms with van der Waals surface area (Å²) < 4.78 is 1.94. The van der Waals surface area contributed by atoms with Gasteiger partial charge in [-0.1, -0.05) is 6.08 Å². The first-order valence-electron chi connectivity index (χ1n) is 5.36. The molecule has 0 aliphatic carbocycles. The van der Waals surface area contributed by atoms with Crippen molar-refractivity contribution in [1.82, 2.24) is 20.1 Å². The van der Waals surface area contributed by atoms with E-state index in [0.717, 1.165) is 18.7 Å². The van der Waals surface area contributed by atoms with Gasteiger partial charge in [0.15, 0.2) is 0 Å². The predicted octanol–water partition coefficient (Wildman–Crippen LogP) is 1.82. The van der Waals surface area contributed by atoms with Crippen LogP contribution in [0.15, 0.2) is 19.0 Å². The van der Waals surface area contributed by atoms with Crippen LogP contribution in [0.4, 0.5) is 0 Å². The summed E-state index contributed by atoms with van der Waals surface area (Å²) in [6, 6.07) is 0.701. The maximum Gasteiger partial charge on any atom is 0.149 e. The van der Waals surface area contributed by atoms with E-state index >= 15 is 0 Å². The van der Waals surface area contributed by atoms with Crippen molar-refractivity contribution in [2.45, 2.75) is 38.8 Å². The summed E-state index contributed by atoms with van der Waals surface area (Å²) >= 11 is 0. The monoisotopic (exact) mass is 208 g/mol. The van der Waals surface area contributed by atoms with Crippen LogP contribution in [0.1, 0.15) is 38.6 Å². The highest BCUT2D eigenvalue weighted by molar-refractivity contribution is 4.92. The third-order valence-corrected chi connectivity index (χ3v) is 2.47. The number of allylic oxidation sites excluding steroid dienone is 1. The standard InChI is InChI=1S/C11H20N4/c1-5-6-7-9(2)13-10(3)11-14-12-8-15(11)4/h5,8-10,13H,1,6-7H2,2-4H3. The molecule has 2 unspecified atom stereocenters. The summed E-state index contributed by atoms with van der Waals surface area (Å²) in [7, 11) is 1.96. The Morgan fingerprint density at radius 1 is 1.60 bits per heavy atom. The minimum absolute atomic E-state index is 0.234. The van der Waals surface area contributed by atoms with Crippen molar-refractivity contribution in [3.8, 4) is 0 Å². The normalized spacial score (nSPS) is 14.9. The average molecular weight is 208 g/mol. The number of nitrogens with one attached hydrogen (secondary N) is 1. The Hall–Kier alpha value is -1.16. The summed E-state index contributed by atoms with van der Waals surface area (Å²) in [5.41, 5.74) is 0. The number of aromatic nitrogens is 3. The first kappa shape index (κ1) is 11.9. The van der Waals surface area contributed by atoms with Crippen molar-refractivity contribution >= 4 is 0 Å². The highest BCUT2D eigenvalue weighted by Crippen LogP contribution is 2.09. The van der Waals surface area contributed by atoms with Crippen LogP contribution in [0.2, 0.25) is 0 Å². The number of rotatable bonds is 6. The van der Waals surface area contributed by atoms with Gasteiger partial charge in [-0.25, -0.2) is 0 Å². The van der Waals surface area contributed by atoms with E-state index < -0.39 is 0 Å². The number of aryl methyl sites for hydroxylation is 1. The van der Waals surface area contributed by atoms with Crippen molar-refractivity contribution in [2.24, 2.45) is 7.05 Å². The summed E-state index contributed by atoms with van der Waals surface area (Å²) in [4.78, 5) is 0. The molecule has 15 heavy (non-hydrogen) atoms. The van der Waals surface area contributed by atoms with Crippen LogP contribution in [0.3, 0.4) is 0 Å². The van der Waals surface area contributed by atoms with Gasteiger partial charge < -0.3 is 9.88 Å². The average Bonchev–Trinajstić information content (AvgIpc) is 2.61. The third kappa shape index (κ3) is 3.47. The lowest BCUT2D eigenvalue weighted by atomic mass is 10.1. The highest BCUT2D eigenvalue weighted by atomic mass is 15.3. The molecule has 0 bridgehead atoms. The lowest BCUT2D eigenvalue weighted by Crippen LogP contribution is -2.30. The second-order valence-corrected chi connectivity index (χ2v) is 3.96. The molecule has 0 aliphatic rings. The lowest BCUT2D eigenvalue weighted by Gasteiger charge is -2.18. The van der Waals surface area contributed by atoms with Gasteiger partial charge in [0, 0.05) is 13.1 Å². The highest BCUT2D eigenvalue weighted by Gasteiger charge is 2.13. The molecule has 1 rings (SSSR count). The molecular formula is C11H20N4. The molecule has 1 heterocycles. The molecule has 4 heteroatoms. The van der Waals surface area contributed by atoms with Crippen molar-refractivity contribution in [1.29, 1.82) is 0 Å². The second-order valence-electron chi connectivity index (χ2n) is 3.96. The summed E-state index contributed by atoms with van der Waals surface area (Å²) in [5.74, 6) is 0.973. The van der Waals surface area contributed by atoms with Gasteiger partial charge in [0.05, 0.1) is 6.04 Å². The van der Waals surface area contributed by atoms with Gasteiger partial charge in [-0.15, -0.1) is 16.8 Å². The molecular weight excluding hydrogens is 188 g/mol. The summed E-state index contributed by atoms with van der Waals surface area (Å²) in [6.07, 6.45) is 5.82. The maximum atomic E-state index is 4.08. The van der Waals surface area contributed by atoms with Gasteiger partial charge in [-0.3, -0.25) is 0 Å². The topological polar surface area (TPSA) is 42.7 Å². The Bertz CT molecular complexity index is 305. The molecule has 2 atom stereocenters. The van der Waals surface area contributed by atoms with Gasteiger partial charge in [-0.2, -0.15) is 0 Å². The SMILES string of the molecule is C=CCCC(C)NC(C)c1nncn1C. The summed E-state index contributed by atoms with van der Waals surface area (Å²) in [6.45, 7) is 8.00. The Balaban J connectivity index is 2.45. The molecule has 84 valence electrons. The molecule has 0 spiro atoms. The van der Waals surface area contributed by atoms with Crippen LogP contribution in [0.25, 0.3) is 0 Å². The zero-order valence-electron chi connectivity index (χ0n) is 9.77. The fourth-order valence-electron chi connectivity index (χ4n) is 1.64. The Morgan fingerprint density at radius 2 is 2.33 bits per heavy atom. The smallest absolute Gasteiger partial charge is 0.149 e. The number of hydrogen-bond acceptors (Lipinski definition) is 3. The van der Waals surface area contributed by atoms with Gasteiger partial charge in [0.1, 0.15) is 12.2 Å². The first-order valence-corrected chi connectivity index (χ1v) is 5.36. The molecule has 1 aromatic heterocycles. The van der Waals surface area contributed by atoms with Crippen LogP contribution < -0.4 is 5.32 Å². The third-order valence-electron chi connectivity index (χ3n) is 2.47. The van der Waals surface area contributed by atoms with E-state index in [1.807, 2.05) is 17.7 Å². The van der Waals surface area contributed by atoms with E-state index in [4.69, 9.17) is 0 Å². The van der Waals surface area contributed by atoms with E-state index in [1.165, 1.54) is 0 Å². The molecule has 0 saturated carbocycles. The lowest BCUT2D eigenvalue weighted by molar-refractivity contribution is 0.437. The van der Waals surface area contributed by atoms with E-state index in [1.54, 1.807) is 6.33 Å². The second kappa shape index (κ2) is 5.66. The Morgan fingerprint density at radius 3 is 2.87 bits per heavy atom. The molecule has 4 nitrogen and oxygen atoms in total. The molecule has 0 amide bonds. The van der Waals surface area contributed by atoms with E-state index in [9.17, 15) is 0 Å². The van der Waals surface area contributed by atoms with Crippen LogP contribution in [0.5, 0.6) is 0 Å². The van der Waals surface area contributed by atoms with Gasteiger partial charge in [-0.05, 0) is 26.7 Å². The van der Waals surface area contributed by atoms with Crippen molar-refractivity contribution in [3.63, 3.8) is 0 Å².